The van der Waals surface area contributed by atoms with Gasteiger partial charge in [-0.15, -0.1) is 5.10 Å². The number of amides is 1. The molecule has 8 heteroatoms. The van der Waals surface area contributed by atoms with Crippen LogP contribution in [0.2, 0.25) is 0 Å². The molecule has 3 aromatic rings. The number of likely N-dealkylation sites (tertiary alicyclic amines) is 1. The summed E-state index contributed by atoms with van der Waals surface area (Å²) in [6.45, 7) is 2.50. The van der Waals surface area contributed by atoms with E-state index in [-0.39, 0.29) is 5.56 Å². The molecule has 1 aliphatic heterocycles. The van der Waals surface area contributed by atoms with Crippen LogP contribution < -0.4 is 10.6 Å². The van der Waals surface area contributed by atoms with Gasteiger partial charge < -0.3 is 20.0 Å². The van der Waals surface area contributed by atoms with E-state index < -0.39 is 11.7 Å². The number of anilines is 2. The normalized spacial score (nSPS) is 21.2. The highest BCUT2D eigenvalue weighted by molar-refractivity contribution is 6.04. The molecule has 0 unspecified atom stereocenters. The number of carbonyl (C=O) groups is 1. The lowest BCUT2D eigenvalue weighted by atomic mass is 9.89. The Labute approximate surface area is 198 Å². The predicted octanol–water partition coefficient (Wildman–Crippen LogP) is 5.34. The van der Waals surface area contributed by atoms with Crippen LogP contribution >= 0.6 is 0 Å². The van der Waals surface area contributed by atoms with Crippen LogP contribution in [0.25, 0.3) is 11.5 Å². The first-order valence-electron chi connectivity index (χ1n) is 12.2. The van der Waals surface area contributed by atoms with Crippen molar-refractivity contribution in [2.75, 3.05) is 23.7 Å². The van der Waals surface area contributed by atoms with Gasteiger partial charge in [0.1, 0.15) is 5.82 Å². The molecule has 0 atom stereocenters. The third kappa shape index (κ3) is 5.28. The van der Waals surface area contributed by atoms with E-state index in [0.29, 0.717) is 29.7 Å². The fourth-order valence-corrected chi connectivity index (χ4v) is 4.98. The van der Waals surface area contributed by atoms with Gasteiger partial charge in [0, 0.05) is 23.3 Å². The zero-order valence-electron chi connectivity index (χ0n) is 19.2. The third-order valence-electron chi connectivity index (χ3n) is 6.86. The van der Waals surface area contributed by atoms with Crippen LogP contribution in [0.1, 0.15) is 55.3 Å². The molecule has 1 aromatic heterocycles. The number of carbonyl (C=O) groups excluding carboxylic acids is 1. The van der Waals surface area contributed by atoms with Crippen molar-refractivity contribution in [2.45, 2.75) is 57.0 Å². The van der Waals surface area contributed by atoms with Crippen LogP contribution in [0.15, 0.2) is 52.9 Å². The molecule has 2 N–H and O–H groups in total. The molecule has 34 heavy (non-hydrogen) atoms. The van der Waals surface area contributed by atoms with Gasteiger partial charge in [-0.2, -0.15) is 0 Å². The molecular weight excluding hydrogens is 433 g/mol. The van der Waals surface area contributed by atoms with Crippen molar-refractivity contribution in [2.24, 2.45) is 0 Å². The van der Waals surface area contributed by atoms with Gasteiger partial charge >= 0.3 is 6.01 Å². The van der Waals surface area contributed by atoms with Crippen LogP contribution in [0.5, 0.6) is 0 Å². The van der Waals surface area contributed by atoms with E-state index in [1.807, 2.05) is 0 Å². The van der Waals surface area contributed by atoms with Crippen molar-refractivity contribution in [3.05, 3.63) is 59.9 Å². The van der Waals surface area contributed by atoms with Gasteiger partial charge in [0.25, 0.3) is 5.91 Å². The Balaban J connectivity index is 1.14. The summed E-state index contributed by atoms with van der Waals surface area (Å²) < 4.78 is 19.6. The minimum Gasteiger partial charge on any atom is -0.403 e. The summed E-state index contributed by atoms with van der Waals surface area (Å²) in [6, 6.07) is 14.4. The molecule has 0 bridgehead atoms. The van der Waals surface area contributed by atoms with Gasteiger partial charge in [-0.3, -0.25) is 4.79 Å². The Morgan fingerprint density at radius 2 is 1.68 bits per heavy atom. The molecule has 2 aliphatic rings. The molecule has 178 valence electrons. The average molecular weight is 464 g/mol. The number of hydrogen-bond donors (Lipinski definition) is 2. The maximum absolute atomic E-state index is 13.8. The summed E-state index contributed by atoms with van der Waals surface area (Å²) >= 11 is 0. The van der Waals surface area contributed by atoms with E-state index in [0.717, 1.165) is 18.4 Å². The van der Waals surface area contributed by atoms with Crippen molar-refractivity contribution < 1.29 is 13.6 Å². The first-order chi connectivity index (χ1) is 16.7. The second-order valence-electron chi connectivity index (χ2n) is 9.17. The fraction of sp³-hybridized carbons (Fsp3) is 0.423. The summed E-state index contributed by atoms with van der Waals surface area (Å²) in [5.74, 6) is -0.635. The van der Waals surface area contributed by atoms with Crippen LogP contribution in [-0.4, -0.2) is 46.2 Å². The van der Waals surface area contributed by atoms with Crippen LogP contribution in [0.3, 0.4) is 0 Å². The van der Waals surface area contributed by atoms with Gasteiger partial charge in [-0.25, -0.2) is 4.39 Å². The number of piperidine rings is 1. The van der Waals surface area contributed by atoms with Crippen molar-refractivity contribution >= 4 is 17.6 Å². The Hall–Kier alpha value is -3.26. The Bertz CT molecular complexity index is 1100. The van der Waals surface area contributed by atoms with E-state index in [1.165, 1.54) is 57.3 Å². The zero-order chi connectivity index (χ0) is 23.3. The molecule has 2 heterocycles. The second-order valence-corrected chi connectivity index (χ2v) is 9.17. The van der Waals surface area contributed by atoms with Crippen molar-refractivity contribution in [3.63, 3.8) is 0 Å². The largest absolute Gasteiger partial charge is 0.403 e. The molecule has 0 spiro atoms. The smallest absolute Gasteiger partial charge is 0.315 e. The number of nitrogens with one attached hydrogen (secondary N) is 2. The summed E-state index contributed by atoms with van der Waals surface area (Å²) in [4.78, 5) is 15.0. The summed E-state index contributed by atoms with van der Waals surface area (Å²) in [5.41, 5.74) is 1.31. The van der Waals surface area contributed by atoms with Crippen LogP contribution in [-0.2, 0) is 0 Å². The van der Waals surface area contributed by atoms with Crippen molar-refractivity contribution in [1.82, 2.24) is 15.1 Å². The maximum Gasteiger partial charge on any atom is 0.315 e. The molecule has 0 radical (unpaired) electrons. The summed E-state index contributed by atoms with van der Waals surface area (Å²) in [7, 11) is 0. The average Bonchev–Trinajstić information content (AvgIpc) is 3.34. The summed E-state index contributed by atoms with van der Waals surface area (Å²) in [6.07, 6.45) is 8.67. The zero-order valence-corrected chi connectivity index (χ0v) is 19.2. The van der Waals surface area contributed by atoms with Crippen LogP contribution in [0, 0.1) is 5.82 Å². The minimum absolute atomic E-state index is 0.00385. The minimum atomic E-state index is -0.553. The lowest BCUT2D eigenvalue weighted by molar-refractivity contribution is 0.102. The molecule has 7 nitrogen and oxygen atoms in total. The van der Waals surface area contributed by atoms with E-state index in [2.05, 4.69) is 25.7 Å². The lowest BCUT2D eigenvalue weighted by Crippen LogP contribution is -2.43. The van der Waals surface area contributed by atoms with Gasteiger partial charge in [0.2, 0.25) is 5.89 Å². The van der Waals surface area contributed by atoms with Crippen LogP contribution in [0.4, 0.5) is 16.1 Å². The highest BCUT2D eigenvalue weighted by Gasteiger charge is 2.27. The number of aromatic nitrogens is 2. The number of rotatable bonds is 6. The second kappa shape index (κ2) is 10.3. The molecule has 1 saturated carbocycles. The highest BCUT2D eigenvalue weighted by atomic mass is 19.1. The van der Waals surface area contributed by atoms with E-state index in [1.54, 1.807) is 36.4 Å². The molecule has 1 aliphatic carbocycles. The molecule has 2 fully saturated rings. The quantitative estimate of drug-likeness (QED) is 0.514. The first kappa shape index (κ1) is 22.5. The number of benzene rings is 2. The Morgan fingerprint density at radius 3 is 2.41 bits per heavy atom. The molecule has 1 amide bonds. The third-order valence-corrected chi connectivity index (χ3v) is 6.86. The summed E-state index contributed by atoms with van der Waals surface area (Å²) in [5, 5.41) is 14.4. The topological polar surface area (TPSA) is 83.3 Å². The van der Waals surface area contributed by atoms with Crippen molar-refractivity contribution in [3.8, 4) is 11.5 Å². The van der Waals surface area contributed by atoms with E-state index in [4.69, 9.17) is 4.42 Å². The molecule has 5 rings (SSSR count). The Kier molecular flexibility index (Phi) is 6.85. The first-order valence-corrected chi connectivity index (χ1v) is 12.2. The van der Waals surface area contributed by atoms with E-state index >= 15 is 0 Å². The fourth-order valence-electron chi connectivity index (χ4n) is 4.98. The Morgan fingerprint density at radius 1 is 0.941 bits per heavy atom. The highest BCUT2D eigenvalue weighted by Crippen LogP contribution is 2.28. The number of nitrogens with zero attached hydrogens (tertiary/aromatic N) is 3. The number of hydrogen-bond acceptors (Lipinski definition) is 6. The van der Waals surface area contributed by atoms with Gasteiger partial charge in [-0.05, 0) is 88.0 Å². The SMILES string of the molecule is O=C(Nc1ccc(-c2nnc(NC3CCC(N4CCCCC4)CC3)o2)cc1)c1ccccc1F. The maximum atomic E-state index is 13.8. The van der Waals surface area contributed by atoms with E-state index in [9.17, 15) is 9.18 Å². The van der Waals surface area contributed by atoms with Gasteiger partial charge in [0.05, 0.1) is 5.56 Å². The lowest BCUT2D eigenvalue weighted by Gasteiger charge is -2.38. The molecular formula is C26H30FN5O2. The monoisotopic (exact) mass is 463 g/mol. The predicted molar refractivity (Wildman–Crippen MR) is 129 cm³/mol. The molecule has 1 saturated heterocycles. The van der Waals surface area contributed by atoms with Crippen molar-refractivity contribution in [1.29, 1.82) is 0 Å². The molecule has 2 aromatic carbocycles. The van der Waals surface area contributed by atoms with Gasteiger partial charge in [0.15, 0.2) is 0 Å². The standard InChI is InChI=1S/C26H30FN5O2/c27-23-7-3-2-6-22(23)24(33)28-19-10-8-18(9-11-19)25-30-31-26(34-25)29-20-12-14-21(15-13-20)32-16-4-1-5-17-32/h2-3,6-11,20-21H,1,4-5,12-17H2,(H,28,33)(H,29,31). The number of halogens is 1. The van der Waals surface area contributed by atoms with Gasteiger partial charge in [-0.1, -0.05) is 23.7 Å².